The van der Waals surface area contributed by atoms with E-state index in [0.29, 0.717) is 12.4 Å². The van der Waals surface area contributed by atoms with Crippen molar-refractivity contribution in [2.75, 3.05) is 6.61 Å². The SMILES string of the molecule is CC(C)(C)c1ccccc1OCC(=O)N/N=C/c1cccc(OCc2ccccc2)c1. The topological polar surface area (TPSA) is 59.9 Å². The maximum atomic E-state index is 12.1. The average Bonchev–Trinajstić information content (AvgIpc) is 2.77. The van der Waals surface area contributed by atoms with Crippen LogP contribution in [0.5, 0.6) is 11.5 Å². The quantitative estimate of drug-likeness (QED) is 0.411. The molecule has 160 valence electrons. The molecular formula is C26H28N2O3. The number of hydrogen-bond acceptors (Lipinski definition) is 4. The highest BCUT2D eigenvalue weighted by molar-refractivity contribution is 5.83. The first-order valence-corrected chi connectivity index (χ1v) is 10.2. The molecule has 31 heavy (non-hydrogen) atoms. The summed E-state index contributed by atoms with van der Waals surface area (Å²) in [6.45, 7) is 6.71. The number of benzene rings is 3. The zero-order chi connectivity index (χ0) is 22.1. The molecule has 0 heterocycles. The molecule has 0 radical (unpaired) electrons. The molecule has 0 atom stereocenters. The summed E-state index contributed by atoms with van der Waals surface area (Å²) in [6, 6.07) is 25.3. The molecule has 0 saturated carbocycles. The lowest BCUT2D eigenvalue weighted by atomic mass is 9.86. The van der Waals surface area contributed by atoms with E-state index in [1.807, 2.05) is 78.9 Å². The lowest BCUT2D eigenvalue weighted by Crippen LogP contribution is -2.25. The van der Waals surface area contributed by atoms with Crippen molar-refractivity contribution in [1.29, 1.82) is 0 Å². The fourth-order valence-corrected chi connectivity index (χ4v) is 2.99. The van der Waals surface area contributed by atoms with Crippen LogP contribution >= 0.6 is 0 Å². The molecule has 3 rings (SSSR count). The van der Waals surface area contributed by atoms with Gasteiger partial charge in [0.05, 0.1) is 6.21 Å². The third kappa shape index (κ3) is 7.00. The third-order valence-corrected chi connectivity index (χ3v) is 4.56. The summed E-state index contributed by atoms with van der Waals surface area (Å²) in [6.07, 6.45) is 1.58. The smallest absolute Gasteiger partial charge is 0.277 e. The average molecular weight is 417 g/mol. The van der Waals surface area contributed by atoms with Crippen LogP contribution in [0.3, 0.4) is 0 Å². The molecule has 0 bridgehead atoms. The molecule has 0 aliphatic heterocycles. The number of ether oxygens (including phenoxy) is 2. The predicted molar refractivity (Wildman–Crippen MR) is 124 cm³/mol. The van der Waals surface area contributed by atoms with Gasteiger partial charge in [-0.3, -0.25) is 4.79 Å². The Hall–Kier alpha value is -3.60. The van der Waals surface area contributed by atoms with Gasteiger partial charge in [0.25, 0.3) is 5.91 Å². The first-order chi connectivity index (χ1) is 14.9. The first kappa shape index (κ1) is 22.1. The summed E-state index contributed by atoms with van der Waals surface area (Å²) in [4.78, 5) is 12.1. The summed E-state index contributed by atoms with van der Waals surface area (Å²) in [7, 11) is 0. The molecule has 0 fully saturated rings. The maximum absolute atomic E-state index is 12.1. The highest BCUT2D eigenvalue weighted by Crippen LogP contribution is 2.30. The van der Waals surface area contributed by atoms with Gasteiger partial charge in [-0.15, -0.1) is 0 Å². The largest absolute Gasteiger partial charge is 0.489 e. The van der Waals surface area contributed by atoms with Crippen LogP contribution in [0.4, 0.5) is 0 Å². The van der Waals surface area contributed by atoms with Crippen LogP contribution in [0.15, 0.2) is 84.0 Å². The zero-order valence-electron chi connectivity index (χ0n) is 18.2. The number of hydrazone groups is 1. The number of nitrogens with one attached hydrogen (secondary N) is 1. The number of para-hydroxylation sites is 1. The van der Waals surface area contributed by atoms with Gasteiger partial charge < -0.3 is 9.47 Å². The van der Waals surface area contributed by atoms with E-state index in [1.54, 1.807) is 6.21 Å². The minimum Gasteiger partial charge on any atom is -0.489 e. The Kier molecular flexibility index (Phi) is 7.44. The maximum Gasteiger partial charge on any atom is 0.277 e. The second-order valence-electron chi connectivity index (χ2n) is 8.17. The molecule has 0 saturated heterocycles. The van der Waals surface area contributed by atoms with E-state index in [2.05, 4.69) is 31.3 Å². The van der Waals surface area contributed by atoms with Crippen molar-refractivity contribution >= 4 is 12.1 Å². The summed E-state index contributed by atoms with van der Waals surface area (Å²) in [5, 5.41) is 4.02. The van der Waals surface area contributed by atoms with E-state index < -0.39 is 0 Å². The minimum atomic E-state index is -0.323. The van der Waals surface area contributed by atoms with E-state index in [1.165, 1.54) is 0 Å². The van der Waals surface area contributed by atoms with Crippen molar-refractivity contribution < 1.29 is 14.3 Å². The Bertz CT molecular complexity index is 1020. The van der Waals surface area contributed by atoms with Gasteiger partial charge in [0, 0.05) is 0 Å². The van der Waals surface area contributed by atoms with Crippen molar-refractivity contribution in [3.63, 3.8) is 0 Å². The third-order valence-electron chi connectivity index (χ3n) is 4.56. The number of hydrogen-bond donors (Lipinski definition) is 1. The Labute approximate surface area is 183 Å². The van der Waals surface area contributed by atoms with Gasteiger partial charge in [0.1, 0.15) is 18.1 Å². The number of rotatable bonds is 8. The molecule has 0 aliphatic rings. The lowest BCUT2D eigenvalue weighted by Gasteiger charge is -2.22. The predicted octanol–water partition coefficient (Wildman–Crippen LogP) is 5.09. The Morgan fingerprint density at radius 2 is 1.68 bits per heavy atom. The van der Waals surface area contributed by atoms with Crippen LogP contribution in [0.25, 0.3) is 0 Å². The van der Waals surface area contributed by atoms with Crippen LogP contribution in [0.2, 0.25) is 0 Å². The van der Waals surface area contributed by atoms with E-state index in [4.69, 9.17) is 9.47 Å². The summed E-state index contributed by atoms with van der Waals surface area (Å²) in [5.74, 6) is 1.12. The molecule has 0 aliphatic carbocycles. The summed E-state index contributed by atoms with van der Waals surface area (Å²) in [5.41, 5.74) is 5.41. The number of carbonyl (C=O) groups excluding carboxylic acids is 1. The van der Waals surface area contributed by atoms with Crippen molar-refractivity contribution in [2.24, 2.45) is 5.10 Å². The molecule has 0 unspecified atom stereocenters. The number of carbonyl (C=O) groups is 1. The standard InChI is InChI=1S/C26H28N2O3/c1-26(2,3)23-14-7-8-15-24(23)31-19-25(29)28-27-17-21-12-9-13-22(16-21)30-18-20-10-5-4-6-11-20/h4-17H,18-19H2,1-3H3,(H,28,29)/b27-17+. The van der Waals surface area contributed by atoms with Gasteiger partial charge in [0.2, 0.25) is 0 Å². The molecular weight excluding hydrogens is 388 g/mol. The second kappa shape index (κ2) is 10.4. The Morgan fingerprint density at radius 3 is 2.45 bits per heavy atom. The van der Waals surface area contributed by atoms with Crippen LogP contribution in [-0.2, 0) is 16.8 Å². The number of amides is 1. The normalized spacial score (nSPS) is 11.3. The minimum absolute atomic E-state index is 0.0706. The Morgan fingerprint density at radius 1 is 0.935 bits per heavy atom. The van der Waals surface area contributed by atoms with E-state index >= 15 is 0 Å². The Balaban J connectivity index is 1.50. The van der Waals surface area contributed by atoms with Crippen LogP contribution in [0.1, 0.15) is 37.5 Å². The fourth-order valence-electron chi connectivity index (χ4n) is 2.99. The molecule has 3 aromatic carbocycles. The molecule has 1 amide bonds. The van der Waals surface area contributed by atoms with Gasteiger partial charge >= 0.3 is 0 Å². The van der Waals surface area contributed by atoms with Crippen molar-refractivity contribution in [2.45, 2.75) is 32.8 Å². The number of nitrogens with zero attached hydrogens (tertiary/aromatic N) is 1. The van der Waals surface area contributed by atoms with Crippen LogP contribution in [-0.4, -0.2) is 18.7 Å². The van der Waals surface area contributed by atoms with E-state index in [9.17, 15) is 4.79 Å². The zero-order valence-corrected chi connectivity index (χ0v) is 18.2. The van der Waals surface area contributed by atoms with Gasteiger partial charge in [0.15, 0.2) is 6.61 Å². The molecule has 3 aromatic rings. The molecule has 5 nitrogen and oxygen atoms in total. The van der Waals surface area contributed by atoms with Crippen LogP contribution in [0, 0.1) is 0 Å². The van der Waals surface area contributed by atoms with Gasteiger partial charge in [-0.2, -0.15) is 5.10 Å². The monoisotopic (exact) mass is 416 g/mol. The van der Waals surface area contributed by atoms with Gasteiger partial charge in [-0.1, -0.05) is 81.4 Å². The van der Waals surface area contributed by atoms with Crippen molar-refractivity contribution in [3.05, 3.63) is 95.6 Å². The summed E-state index contributed by atoms with van der Waals surface area (Å²) < 4.78 is 11.5. The molecule has 1 N–H and O–H groups in total. The van der Waals surface area contributed by atoms with Crippen molar-refractivity contribution in [3.8, 4) is 11.5 Å². The van der Waals surface area contributed by atoms with E-state index in [0.717, 1.165) is 22.4 Å². The summed E-state index contributed by atoms with van der Waals surface area (Å²) >= 11 is 0. The van der Waals surface area contributed by atoms with Crippen molar-refractivity contribution in [1.82, 2.24) is 5.43 Å². The van der Waals surface area contributed by atoms with Crippen LogP contribution < -0.4 is 14.9 Å². The van der Waals surface area contributed by atoms with E-state index in [-0.39, 0.29) is 17.9 Å². The van der Waals surface area contributed by atoms with Gasteiger partial charge in [-0.05, 0) is 40.3 Å². The molecule has 0 spiro atoms. The highest BCUT2D eigenvalue weighted by atomic mass is 16.5. The molecule has 5 heteroatoms. The second-order valence-corrected chi connectivity index (χ2v) is 8.17. The fraction of sp³-hybridized carbons (Fsp3) is 0.231. The lowest BCUT2D eigenvalue weighted by molar-refractivity contribution is -0.123. The molecule has 0 aromatic heterocycles. The van der Waals surface area contributed by atoms with Gasteiger partial charge in [-0.25, -0.2) is 5.43 Å². The highest BCUT2D eigenvalue weighted by Gasteiger charge is 2.18. The first-order valence-electron chi connectivity index (χ1n) is 10.2.